The Morgan fingerprint density at radius 2 is 1.83 bits per heavy atom. The van der Waals surface area contributed by atoms with Gasteiger partial charge >= 0.3 is 0 Å². The lowest BCUT2D eigenvalue weighted by atomic mass is 10.2. The maximum atomic E-state index is 13.7. The highest BCUT2D eigenvalue weighted by atomic mass is 19.1. The number of amides is 1. The fourth-order valence-electron chi connectivity index (χ4n) is 2.22. The Balaban J connectivity index is 1.79. The Hall–Kier alpha value is -3.02. The van der Waals surface area contributed by atoms with Crippen molar-refractivity contribution < 1.29 is 9.18 Å². The van der Waals surface area contributed by atoms with Gasteiger partial charge in [0.15, 0.2) is 5.69 Å². The highest BCUT2D eigenvalue weighted by Gasteiger charge is 2.17. The summed E-state index contributed by atoms with van der Waals surface area (Å²) in [5, 5.41) is 10.6. The number of halogens is 1. The van der Waals surface area contributed by atoms with Crippen molar-refractivity contribution in [2.24, 2.45) is 0 Å². The molecule has 0 spiro atoms. The molecule has 0 aliphatic rings. The highest BCUT2D eigenvalue weighted by Crippen LogP contribution is 2.13. The second kappa shape index (κ2) is 6.39. The molecule has 0 unspecified atom stereocenters. The molecule has 0 saturated heterocycles. The average molecular weight is 310 g/mol. The van der Waals surface area contributed by atoms with Crippen LogP contribution in [0.25, 0.3) is 0 Å². The SMILES string of the molecule is Cc1c(C(=O)Nc2ccccc2)nnn1Cc1ccccc1F. The van der Waals surface area contributed by atoms with Gasteiger partial charge in [0.05, 0.1) is 12.2 Å². The Kier molecular flexibility index (Phi) is 4.14. The van der Waals surface area contributed by atoms with Gasteiger partial charge in [-0.2, -0.15) is 0 Å². The van der Waals surface area contributed by atoms with E-state index in [1.807, 2.05) is 18.2 Å². The Bertz CT molecular complexity index is 830. The van der Waals surface area contributed by atoms with Gasteiger partial charge in [0, 0.05) is 11.3 Å². The van der Waals surface area contributed by atoms with E-state index in [1.165, 1.54) is 10.7 Å². The predicted octanol–water partition coefficient (Wildman–Crippen LogP) is 3.03. The molecule has 0 bridgehead atoms. The van der Waals surface area contributed by atoms with Gasteiger partial charge in [0.1, 0.15) is 5.82 Å². The molecule has 0 atom stereocenters. The molecule has 1 amide bonds. The lowest BCUT2D eigenvalue weighted by Gasteiger charge is -2.06. The van der Waals surface area contributed by atoms with Crippen LogP contribution in [0.2, 0.25) is 0 Å². The summed E-state index contributed by atoms with van der Waals surface area (Å²) in [6.45, 7) is 1.96. The third kappa shape index (κ3) is 3.26. The first kappa shape index (κ1) is 14.9. The first-order valence-corrected chi connectivity index (χ1v) is 7.15. The maximum Gasteiger partial charge on any atom is 0.278 e. The summed E-state index contributed by atoms with van der Waals surface area (Å²) >= 11 is 0. The molecular formula is C17H15FN4O. The van der Waals surface area contributed by atoms with E-state index < -0.39 is 0 Å². The zero-order valence-electron chi connectivity index (χ0n) is 12.5. The molecule has 3 rings (SSSR count). The van der Waals surface area contributed by atoms with Crippen LogP contribution >= 0.6 is 0 Å². The number of hydrogen-bond acceptors (Lipinski definition) is 3. The summed E-state index contributed by atoms with van der Waals surface area (Å²) in [6.07, 6.45) is 0. The van der Waals surface area contributed by atoms with Gasteiger partial charge in [-0.15, -0.1) is 5.10 Å². The van der Waals surface area contributed by atoms with E-state index >= 15 is 0 Å². The predicted molar refractivity (Wildman–Crippen MR) is 84.7 cm³/mol. The number of rotatable bonds is 4. The summed E-state index contributed by atoms with van der Waals surface area (Å²) in [5.41, 5.74) is 1.99. The molecule has 0 saturated carbocycles. The van der Waals surface area contributed by atoms with E-state index in [9.17, 15) is 9.18 Å². The molecule has 6 heteroatoms. The molecule has 3 aromatic rings. The average Bonchev–Trinajstić information content (AvgIpc) is 2.92. The van der Waals surface area contributed by atoms with Gasteiger partial charge in [0.2, 0.25) is 0 Å². The zero-order valence-corrected chi connectivity index (χ0v) is 12.5. The Labute approximate surface area is 132 Å². The molecule has 1 heterocycles. The van der Waals surface area contributed by atoms with Crippen LogP contribution in [0.3, 0.4) is 0 Å². The topological polar surface area (TPSA) is 59.8 Å². The van der Waals surface area contributed by atoms with Crippen LogP contribution < -0.4 is 5.32 Å². The van der Waals surface area contributed by atoms with Crippen molar-refractivity contribution in [1.29, 1.82) is 0 Å². The minimum absolute atomic E-state index is 0.226. The standard InChI is InChI=1S/C17H15FN4O/c1-12-16(17(23)19-14-8-3-2-4-9-14)20-21-22(12)11-13-7-5-6-10-15(13)18/h2-10H,11H2,1H3,(H,19,23). The largest absolute Gasteiger partial charge is 0.321 e. The van der Waals surface area contributed by atoms with Gasteiger partial charge in [0.25, 0.3) is 5.91 Å². The van der Waals surface area contributed by atoms with Crippen LogP contribution in [0.15, 0.2) is 54.6 Å². The lowest BCUT2D eigenvalue weighted by Crippen LogP contribution is -2.14. The Morgan fingerprint density at radius 3 is 2.57 bits per heavy atom. The van der Waals surface area contributed by atoms with Crippen LogP contribution in [0.1, 0.15) is 21.7 Å². The van der Waals surface area contributed by atoms with Crippen molar-refractivity contribution in [2.45, 2.75) is 13.5 Å². The highest BCUT2D eigenvalue weighted by molar-refractivity contribution is 6.03. The van der Waals surface area contributed by atoms with Crippen LogP contribution in [-0.4, -0.2) is 20.9 Å². The van der Waals surface area contributed by atoms with Crippen LogP contribution in [0, 0.1) is 12.7 Å². The minimum Gasteiger partial charge on any atom is -0.321 e. The van der Waals surface area contributed by atoms with Crippen molar-refractivity contribution in [1.82, 2.24) is 15.0 Å². The third-order valence-corrected chi connectivity index (χ3v) is 3.51. The molecular weight excluding hydrogens is 295 g/mol. The molecule has 0 aliphatic heterocycles. The normalized spacial score (nSPS) is 10.5. The summed E-state index contributed by atoms with van der Waals surface area (Å²) < 4.78 is 15.2. The van der Waals surface area contributed by atoms with E-state index in [4.69, 9.17) is 0 Å². The van der Waals surface area contributed by atoms with Gasteiger partial charge in [-0.05, 0) is 25.1 Å². The molecule has 5 nitrogen and oxygen atoms in total. The fourth-order valence-corrected chi connectivity index (χ4v) is 2.22. The quantitative estimate of drug-likeness (QED) is 0.806. The lowest BCUT2D eigenvalue weighted by molar-refractivity contribution is 0.102. The first-order valence-electron chi connectivity index (χ1n) is 7.15. The van der Waals surface area contributed by atoms with Crippen molar-refractivity contribution in [2.75, 3.05) is 5.32 Å². The molecule has 1 N–H and O–H groups in total. The summed E-state index contributed by atoms with van der Waals surface area (Å²) in [7, 11) is 0. The van der Waals surface area contributed by atoms with Crippen LogP contribution in [0.4, 0.5) is 10.1 Å². The number of para-hydroxylation sites is 1. The van der Waals surface area contributed by atoms with Crippen LogP contribution in [0.5, 0.6) is 0 Å². The molecule has 0 radical (unpaired) electrons. The molecule has 0 aliphatic carbocycles. The molecule has 1 aromatic heterocycles. The number of nitrogens with one attached hydrogen (secondary N) is 1. The third-order valence-electron chi connectivity index (χ3n) is 3.51. The van der Waals surface area contributed by atoms with Gasteiger partial charge in [-0.1, -0.05) is 41.6 Å². The van der Waals surface area contributed by atoms with Gasteiger partial charge in [-0.25, -0.2) is 9.07 Å². The van der Waals surface area contributed by atoms with E-state index in [-0.39, 0.29) is 24.0 Å². The molecule has 0 fully saturated rings. The summed E-state index contributed by atoms with van der Waals surface area (Å²) in [5.74, 6) is -0.647. The molecule has 2 aromatic carbocycles. The van der Waals surface area contributed by atoms with Crippen molar-refractivity contribution in [3.8, 4) is 0 Å². The number of carbonyl (C=O) groups excluding carboxylic acids is 1. The minimum atomic E-state index is -0.339. The maximum absolute atomic E-state index is 13.7. The number of carbonyl (C=O) groups is 1. The monoisotopic (exact) mass is 310 g/mol. The van der Waals surface area contributed by atoms with Gasteiger partial charge in [-0.3, -0.25) is 4.79 Å². The van der Waals surface area contributed by atoms with Crippen molar-refractivity contribution in [3.05, 3.63) is 77.4 Å². The number of nitrogens with zero attached hydrogens (tertiary/aromatic N) is 3. The molecule has 23 heavy (non-hydrogen) atoms. The second-order valence-electron chi connectivity index (χ2n) is 5.09. The summed E-state index contributed by atoms with van der Waals surface area (Å²) in [4.78, 5) is 12.3. The fraction of sp³-hybridized carbons (Fsp3) is 0.118. The first-order chi connectivity index (χ1) is 11.1. The van der Waals surface area contributed by atoms with E-state index in [0.29, 0.717) is 16.9 Å². The van der Waals surface area contributed by atoms with E-state index in [1.54, 1.807) is 37.3 Å². The zero-order chi connectivity index (χ0) is 16.2. The molecule has 116 valence electrons. The number of benzene rings is 2. The van der Waals surface area contributed by atoms with Gasteiger partial charge < -0.3 is 5.32 Å². The van der Waals surface area contributed by atoms with E-state index in [2.05, 4.69) is 15.6 Å². The van der Waals surface area contributed by atoms with Crippen molar-refractivity contribution in [3.63, 3.8) is 0 Å². The van der Waals surface area contributed by atoms with Crippen LogP contribution in [-0.2, 0) is 6.54 Å². The number of aromatic nitrogens is 3. The summed E-state index contributed by atoms with van der Waals surface area (Å²) in [6, 6.07) is 15.6. The van der Waals surface area contributed by atoms with Crippen molar-refractivity contribution >= 4 is 11.6 Å². The van der Waals surface area contributed by atoms with E-state index in [0.717, 1.165) is 0 Å². The Morgan fingerprint density at radius 1 is 1.13 bits per heavy atom. The number of hydrogen-bond donors (Lipinski definition) is 1. The smallest absolute Gasteiger partial charge is 0.278 e. The second-order valence-corrected chi connectivity index (χ2v) is 5.09. The number of anilines is 1.